The highest BCUT2D eigenvalue weighted by Crippen LogP contribution is 2.25. The van der Waals surface area contributed by atoms with E-state index in [-0.39, 0.29) is 0 Å². The molecule has 1 aromatic heterocycles. The van der Waals surface area contributed by atoms with E-state index < -0.39 is 0 Å². The molecule has 1 N–H and O–H groups in total. The lowest BCUT2D eigenvalue weighted by molar-refractivity contribution is 0.809. The van der Waals surface area contributed by atoms with Crippen LogP contribution in [0, 0.1) is 0 Å². The van der Waals surface area contributed by atoms with Crippen molar-refractivity contribution in [3.63, 3.8) is 0 Å². The summed E-state index contributed by atoms with van der Waals surface area (Å²) in [5.41, 5.74) is 1.23. The number of hydrogen-bond donors (Lipinski definition) is 1. The van der Waals surface area contributed by atoms with Gasteiger partial charge in [-0.15, -0.1) is 0 Å². The van der Waals surface area contributed by atoms with Gasteiger partial charge in [-0.1, -0.05) is 48.9 Å². The van der Waals surface area contributed by atoms with Gasteiger partial charge in [0.05, 0.1) is 6.20 Å². The van der Waals surface area contributed by atoms with E-state index in [1.54, 1.807) is 6.20 Å². The van der Waals surface area contributed by atoms with Gasteiger partial charge in [0.2, 0.25) is 5.95 Å². The van der Waals surface area contributed by atoms with Gasteiger partial charge >= 0.3 is 0 Å². The van der Waals surface area contributed by atoms with Crippen molar-refractivity contribution in [2.24, 2.45) is 0 Å². The standard InChI is InChI=1S/C16H21ClN4/c1-3-10-18-16-19-11-14(17)15(20-16)21(4-2)12-13-8-6-5-7-9-13/h5-9,11H,3-4,10,12H2,1-2H3,(H,18,19,20). The summed E-state index contributed by atoms with van der Waals surface area (Å²) >= 11 is 6.28. The van der Waals surface area contributed by atoms with E-state index in [1.807, 2.05) is 18.2 Å². The lowest BCUT2D eigenvalue weighted by Gasteiger charge is -2.23. The van der Waals surface area contributed by atoms with Crippen molar-refractivity contribution < 1.29 is 0 Å². The molecule has 2 aromatic rings. The first kappa shape index (κ1) is 15.6. The van der Waals surface area contributed by atoms with Crippen LogP contribution in [0.2, 0.25) is 5.02 Å². The number of nitrogens with zero attached hydrogens (tertiary/aromatic N) is 3. The van der Waals surface area contributed by atoms with Gasteiger partial charge in [-0.25, -0.2) is 4.98 Å². The highest BCUT2D eigenvalue weighted by atomic mass is 35.5. The Morgan fingerprint density at radius 1 is 1.19 bits per heavy atom. The van der Waals surface area contributed by atoms with Gasteiger partial charge in [-0.05, 0) is 18.9 Å². The van der Waals surface area contributed by atoms with Crippen LogP contribution in [-0.4, -0.2) is 23.1 Å². The molecule has 1 heterocycles. The number of anilines is 2. The van der Waals surface area contributed by atoms with Crippen LogP contribution in [0.4, 0.5) is 11.8 Å². The molecule has 1 aromatic carbocycles. The number of hydrogen-bond acceptors (Lipinski definition) is 4. The highest BCUT2D eigenvalue weighted by molar-refractivity contribution is 6.32. The molecule has 0 atom stereocenters. The summed E-state index contributed by atoms with van der Waals surface area (Å²) in [5, 5.41) is 3.78. The van der Waals surface area contributed by atoms with E-state index in [1.165, 1.54) is 5.56 Å². The monoisotopic (exact) mass is 304 g/mol. The lowest BCUT2D eigenvalue weighted by Crippen LogP contribution is -2.24. The first-order valence-corrected chi connectivity index (χ1v) is 7.67. The summed E-state index contributed by atoms with van der Waals surface area (Å²) in [7, 11) is 0. The largest absolute Gasteiger partial charge is 0.354 e. The number of halogens is 1. The highest BCUT2D eigenvalue weighted by Gasteiger charge is 2.13. The molecule has 0 spiro atoms. The number of rotatable bonds is 7. The maximum Gasteiger partial charge on any atom is 0.224 e. The molecule has 0 aliphatic heterocycles. The summed E-state index contributed by atoms with van der Waals surface area (Å²) in [4.78, 5) is 10.9. The van der Waals surface area contributed by atoms with Crippen LogP contribution in [0.15, 0.2) is 36.5 Å². The zero-order valence-electron chi connectivity index (χ0n) is 12.5. The van der Waals surface area contributed by atoms with Crippen LogP contribution in [0.5, 0.6) is 0 Å². The van der Waals surface area contributed by atoms with E-state index in [2.05, 4.69) is 46.2 Å². The summed E-state index contributed by atoms with van der Waals surface area (Å²) < 4.78 is 0. The predicted molar refractivity (Wildman–Crippen MR) is 89.0 cm³/mol. The molecular weight excluding hydrogens is 284 g/mol. The van der Waals surface area contributed by atoms with E-state index in [9.17, 15) is 0 Å². The van der Waals surface area contributed by atoms with Crippen LogP contribution >= 0.6 is 11.6 Å². The minimum absolute atomic E-state index is 0.579. The zero-order chi connectivity index (χ0) is 15.1. The summed E-state index contributed by atoms with van der Waals surface area (Å²) in [6.45, 7) is 6.67. The lowest BCUT2D eigenvalue weighted by atomic mass is 10.2. The van der Waals surface area contributed by atoms with Crippen molar-refractivity contribution in [1.29, 1.82) is 0 Å². The Balaban J connectivity index is 2.20. The fourth-order valence-corrected chi connectivity index (χ4v) is 2.25. The minimum Gasteiger partial charge on any atom is -0.354 e. The van der Waals surface area contributed by atoms with Crippen LogP contribution in [0.25, 0.3) is 0 Å². The smallest absolute Gasteiger partial charge is 0.224 e. The average molecular weight is 305 g/mol. The first-order chi connectivity index (χ1) is 10.2. The normalized spacial score (nSPS) is 10.4. The minimum atomic E-state index is 0.579. The second-order valence-electron chi connectivity index (χ2n) is 4.79. The maximum absolute atomic E-state index is 6.28. The molecule has 0 saturated carbocycles. The molecule has 0 bridgehead atoms. The Kier molecular flexibility index (Phi) is 5.81. The third-order valence-corrected chi connectivity index (χ3v) is 3.42. The van der Waals surface area contributed by atoms with Gasteiger partial charge in [-0.3, -0.25) is 0 Å². The molecular formula is C16H21ClN4. The van der Waals surface area contributed by atoms with E-state index in [0.717, 1.165) is 31.9 Å². The molecule has 5 heteroatoms. The molecule has 112 valence electrons. The summed E-state index contributed by atoms with van der Waals surface area (Å²) in [6, 6.07) is 10.3. The molecule has 4 nitrogen and oxygen atoms in total. The van der Waals surface area contributed by atoms with Gasteiger partial charge in [0, 0.05) is 19.6 Å². The van der Waals surface area contributed by atoms with Gasteiger partial charge in [0.25, 0.3) is 0 Å². The van der Waals surface area contributed by atoms with Crippen molar-refractivity contribution in [3.8, 4) is 0 Å². The van der Waals surface area contributed by atoms with Crippen LogP contribution in [0.1, 0.15) is 25.8 Å². The summed E-state index contributed by atoms with van der Waals surface area (Å²) in [6.07, 6.45) is 2.69. The quantitative estimate of drug-likeness (QED) is 0.840. The molecule has 0 aliphatic rings. The average Bonchev–Trinajstić information content (AvgIpc) is 2.53. The van der Waals surface area contributed by atoms with Crippen molar-refractivity contribution in [3.05, 3.63) is 47.1 Å². The molecule has 0 radical (unpaired) electrons. The number of benzene rings is 1. The molecule has 21 heavy (non-hydrogen) atoms. The fourth-order valence-electron chi connectivity index (χ4n) is 2.04. The van der Waals surface area contributed by atoms with E-state index in [4.69, 9.17) is 11.6 Å². The number of aromatic nitrogens is 2. The maximum atomic E-state index is 6.28. The predicted octanol–water partition coefficient (Wildman–Crippen LogP) is 3.98. The Bertz CT molecular complexity index is 559. The zero-order valence-corrected chi connectivity index (χ0v) is 13.3. The van der Waals surface area contributed by atoms with Crippen molar-refractivity contribution >= 4 is 23.4 Å². The van der Waals surface area contributed by atoms with Crippen molar-refractivity contribution in [2.75, 3.05) is 23.3 Å². The second-order valence-corrected chi connectivity index (χ2v) is 5.20. The van der Waals surface area contributed by atoms with Crippen LogP contribution in [0.3, 0.4) is 0 Å². The first-order valence-electron chi connectivity index (χ1n) is 7.29. The number of nitrogens with one attached hydrogen (secondary N) is 1. The molecule has 2 rings (SSSR count). The molecule has 0 amide bonds. The second kappa shape index (κ2) is 7.84. The Morgan fingerprint density at radius 2 is 1.95 bits per heavy atom. The van der Waals surface area contributed by atoms with E-state index in [0.29, 0.717) is 11.0 Å². The molecule has 0 unspecified atom stereocenters. The summed E-state index contributed by atoms with van der Waals surface area (Å²) in [5.74, 6) is 1.40. The van der Waals surface area contributed by atoms with Crippen molar-refractivity contribution in [1.82, 2.24) is 9.97 Å². The van der Waals surface area contributed by atoms with Crippen LogP contribution in [-0.2, 0) is 6.54 Å². The third kappa shape index (κ3) is 4.33. The molecule has 0 saturated heterocycles. The van der Waals surface area contributed by atoms with Crippen molar-refractivity contribution in [2.45, 2.75) is 26.8 Å². The van der Waals surface area contributed by atoms with E-state index >= 15 is 0 Å². The Morgan fingerprint density at radius 3 is 2.62 bits per heavy atom. The van der Waals surface area contributed by atoms with Gasteiger partial charge < -0.3 is 10.2 Å². The fraction of sp³-hybridized carbons (Fsp3) is 0.375. The SMILES string of the molecule is CCCNc1ncc(Cl)c(N(CC)Cc2ccccc2)n1. The molecule has 0 aliphatic carbocycles. The molecule has 0 fully saturated rings. The Labute approximate surface area is 131 Å². The van der Waals surface area contributed by atoms with Gasteiger partial charge in [0.1, 0.15) is 5.02 Å². The van der Waals surface area contributed by atoms with Crippen LogP contribution < -0.4 is 10.2 Å². The topological polar surface area (TPSA) is 41.1 Å². The van der Waals surface area contributed by atoms with Gasteiger partial charge in [0.15, 0.2) is 5.82 Å². The Hall–Kier alpha value is -1.81. The third-order valence-electron chi connectivity index (χ3n) is 3.16. The van der Waals surface area contributed by atoms with Gasteiger partial charge in [-0.2, -0.15) is 4.98 Å².